The van der Waals surface area contributed by atoms with Gasteiger partial charge < -0.3 is 5.32 Å². The van der Waals surface area contributed by atoms with Crippen LogP contribution in [0, 0.1) is 10.1 Å². The SMILES string of the molecule is CN(CC(=O)Nc1ncc([N+](=O)[O-])s1)S(=O)(=O)c1ccc2c(c1)c(=O)n(C)c(=O)n2C. The molecule has 0 spiro atoms. The number of likely N-dealkylation sites (N-methyl/N-ethyl adjacent to an activating group) is 1. The van der Waals surface area contributed by atoms with Crippen molar-refractivity contribution in [2.24, 2.45) is 14.1 Å². The van der Waals surface area contributed by atoms with E-state index < -0.39 is 38.6 Å². The van der Waals surface area contributed by atoms with E-state index in [-0.39, 0.29) is 25.9 Å². The Morgan fingerprint density at radius 2 is 1.97 bits per heavy atom. The second-order valence-electron chi connectivity index (χ2n) is 6.45. The number of aryl methyl sites for hydroxylation is 1. The van der Waals surface area contributed by atoms with Crippen molar-refractivity contribution in [3.63, 3.8) is 0 Å². The molecule has 1 aromatic carbocycles. The van der Waals surface area contributed by atoms with Gasteiger partial charge in [-0.1, -0.05) is 0 Å². The van der Waals surface area contributed by atoms with Crippen LogP contribution in [-0.4, -0.2) is 51.3 Å². The largest absolute Gasteiger partial charge is 0.345 e. The summed E-state index contributed by atoms with van der Waals surface area (Å²) in [6.45, 7) is -0.598. The van der Waals surface area contributed by atoms with E-state index in [1.165, 1.54) is 37.8 Å². The molecule has 0 radical (unpaired) electrons. The molecule has 3 aromatic rings. The molecule has 2 heterocycles. The number of nitro groups is 1. The molecule has 0 saturated carbocycles. The molecule has 1 N–H and O–H groups in total. The Kier molecular flexibility index (Phi) is 5.75. The Bertz CT molecular complexity index is 1440. The summed E-state index contributed by atoms with van der Waals surface area (Å²) in [4.78, 5) is 50.0. The molecule has 0 aliphatic carbocycles. The number of hydrogen-bond acceptors (Lipinski definition) is 9. The van der Waals surface area contributed by atoms with Gasteiger partial charge in [-0.05, 0) is 29.5 Å². The maximum atomic E-state index is 12.9. The van der Waals surface area contributed by atoms with Crippen LogP contribution in [0.25, 0.3) is 10.9 Å². The van der Waals surface area contributed by atoms with E-state index in [1.54, 1.807) is 0 Å². The number of carbonyl (C=O) groups excluding carboxylic acids is 1. The number of benzene rings is 1. The molecule has 0 fully saturated rings. The number of rotatable bonds is 6. The molecule has 0 saturated heterocycles. The molecular formula is C16H16N6O7S2. The van der Waals surface area contributed by atoms with Crippen LogP contribution in [0.15, 0.2) is 38.9 Å². The van der Waals surface area contributed by atoms with Crippen molar-refractivity contribution in [2.45, 2.75) is 4.90 Å². The number of nitrogens with one attached hydrogen (secondary N) is 1. The quantitative estimate of drug-likeness (QED) is 0.385. The van der Waals surface area contributed by atoms with Crippen molar-refractivity contribution >= 4 is 48.3 Å². The Hall–Kier alpha value is -3.43. The van der Waals surface area contributed by atoms with Gasteiger partial charge in [0.05, 0.1) is 27.3 Å². The fraction of sp³-hybridized carbons (Fsp3) is 0.250. The number of amides is 1. The van der Waals surface area contributed by atoms with Gasteiger partial charge in [0.15, 0.2) is 5.13 Å². The van der Waals surface area contributed by atoms with E-state index >= 15 is 0 Å². The number of carbonyl (C=O) groups is 1. The first-order valence-electron chi connectivity index (χ1n) is 8.49. The number of anilines is 1. The van der Waals surface area contributed by atoms with Gasteiger partial charge in [0.25, 0.3) is 5.56 Å². The van der Waals surface area contributed by atoms with Crippen molar-refractivity contribution in [2.75, 3.05) is 18.9 Å². The lowest BCUT2D eigenvalue weighted by atomic mass is 10.2. The van der Waals surface area contributed by atoms with E-state index in [0.717, 1.165) is 21.1 Å². The van der Waals surface area contributed by atoms with Crippen molar-refractivity contribution in [1.29, 1.82) is 0 Å². The fourth-order valence-corrected chi connectivity index (χ4v) is 4.57. The van der Waals surface area contributed by atoms with Crippen molar-refractivity contribution < 1.29 is 18.1 Å². The minimum Gasteiger partial charge on any atom is -0.301 e. The summed E-state index contributed by atoms with van der Waals surface area (Å²) in [6.07, 6.45) is 0.976. The lowest BCUT2D eigenvalue weighted by molar-refractivity contribution is -0.380. The highest BCUT2D eigenvalue weighted by Gasteiger charge is 2.25. The third kappa shape index (κ3) is 4.10. The van der Waals surface area contributed by atoms with Gasteiger partial charge in [0.1, 0.15) is 6.20 Å². The van der Waals surface area contributed by atoms with Gasteiger partial charge in [-0.15, -0.1) is 0 Å². The van der Waals surface area contributed by atoms with Crippen LogP contribution in [0.5, 0.6) is 0 Å². The second-order valence-corrected chi connectivity index (χ2v) is 9.51. The van der Waals surface area contributed by atoms with Gasteiger partial charge in [-0.2, -0.15) is 4.31 Å². The average molecular weight is 468 g/mol. The average Bonchev–Trinajstić information content (AvgIpc) is 3.18. The van der Waals surface area contributed by atoms with Gasteiger partial charge in [-0.25, -0.2) is 18.2 Å². The summed E-state index contributed by atoms with van der Waals surface area (Å²) in [5.74, 6) is -0.755. The number of thiazole rings is 1. The molecule has 15 heteroatoms. The summed E-state index contributed by atoms with van der Waals surface area (Å²) in [6, 6.07) is 3.72. The number of sulfonamides is 1. The zero-order chi connectivity index (χ0) is 23.1. The van der Waals surface area contributed by atoms with E-state index in [2.05, 4.69) is 10.3 Å². The lowest BCUT2D eigenvalue weighted by Gasteiger charge is -2.17. The summed E-state index contributed by atoms with van der Waals surface area (Å²) in [5, 5.41) is 12.7. The first kappa shape index (κ1) is 22.3. The Morgan fingerprint density at radius 3 is 2.58 bits per heavy atom. The molecule has 2 aromatic heterocycles. The highest BCUT2D eigenvalue weighted by Crippen LogP contribution is 2.25. The van der Waals surface area contributed by atoms with E-state index in [1.807, 2.05) is 0 Å². The molecule has 0 atom stereocenters. The summed E-state index contributed by atoms with van der Waals surface area (Å²) in [7, 11) is -0.259. The van der Waals surface area contributed by atoms with Gasteiger partial charge in [0, 0.05) is 21.1 Å². The highest BCUT2D eigenvalue weighted by atomic mass is 32.2. The third-order valence-corrected chi connectivity index (χ3v) is 7.10. The molecule has 13 nitrogen and oxygen atoms in total. The molecule has 3 rings (SSSR count). The zero-order valence-electron chi connectivity index (χ0n) is 16.4. The maximum absolute atomic E-state index is 12.9. The van der Waals surface area contributed by atoms with Gasteiger partial charge in [-0.3, -0.25) is 28.8 Å². The molecule has 0 unspecified atom stereocenters. The molecule has 31 heavy (non-hydrogen) atoms. The predicted octanol–water partition coefficient (Wildman–Crippen LogP) is -0.139. The van der Waals surface area contributed by atoms with Crippen LogP contribution in [0.3, 0.4) is 0 Å². The minimum absolute atomic E-state index is 0.0265. The zero-order valence-corrected chi connectivity index (χ0v) is 18.1. The lowest BCUT2D eigenvalue weighted by Crippen LogP contribution is -2.37. The normalized spacial score (nSPS) is 11.7. The highest BCUT2D eigenvalue weighted by molar-refractivity contribution is 7.89. The Morgan fingerprint density at radius 1 is 1.29 bits per heavy atom. The smallest absolute Gasteiger partial charge is 0.301 e. The van der Waals surface area contributed by atoms with Crippen LogP contribution in [0.2, 0.25) is 0 Å². The minimum atomic E-state index is -4.17. The Labute approximate surface area is 178 Å². The van der Waals surface area contributed by atoms with Crippen LogP contribution in [0.4, 0.5) is 10.1 Å². The van der Waals surface area contributed by atoms with Gasteiger partial charge >= 0.3 is 10.7 Å². The molecular weight excluding hydrogens is 452 g/mol. The molecule has 0 aliphatic rings. The standard InChI is InChI=1S/C16H16N6O7S2/c1-19(8-12(23)18-15-17-7-13(30-15)22(26)27)31(28,29)9-4-5-11-10(6-9)14(24)21(3)16(25)20(11)2/h4-7H,8H2,1-3H3,(H,17,18,23). The first-order chi connectivity index (χ1) is 14.4. The van der Waals surface area contributed by atoms with Crippen LogP contribution >= 0.6 is 11.3 Å². The van der Waals surface area contributed by atoms with Crippen molar-refractivity contribution in [3.8, 4) is 0 Å². The number of fused-ring (bicyclic) bond motifs is 1. The summed E-state index contributed by atoms with van der Waals surface area (Å²) < 4.78 is 28.6. The van der Waals surface area contributed by atoms with Crippen molar-refractivity contribution in [3.05, 3.63) is 55.3 Å². The monoisotopic (exact) mass is 468 g/mol. The predicted molar refractivity (Wildman–Crippen MR) is 112 cm³/mol. The number of aromatic nitrogens is 3. The second kappa shape index (κ2) is 8.01. The van der Waals surface area contributed by atoms with Gasteiger partial charge in [0.2, 0.25) is 15.9 Å². The third-order valence-electron chi connectivity index (χ3n) is 4.43. The summed E-state index contributed by atoms with van der Waals surface area (Å²) >= 11 is 0.632. The van der Waals surface area contributed by atoms with E-state index in [9.17, 15) is 32.9 Å². The van der Waals surface area contributed by atoms with E-state index in [4.69, 9.17) is 0 Å². The van der Waals surface area contributed by atoms with Crippen LogP contribution in [-0.2, 0) is 28.9 Å². The molecule has 1 amide bonds. The fourth-order valence-electron chi connectivity index (χ4n) is 2.77. The number of nitrogens with zero attached hydrogens (tertiary/aromatic N) is 5. The van der Waals surface area contributed by atoms with E-state index in [0.29, 0.717) is 11.3 Å². The topological polar surface area (TPSA) is 167 Å². The molecule has 164 valence electrons. The molecule has 0 aliphatic heterocycles. The first-order valence-corrected chi connectivity index (χ1v) is 10.8. The number of hydrogen-bond donors (Lipinski definition) is 1. The van der Waals surface area contributed by atoms with Crippen molar-refractivity contribution in [1.82, 2.24) is 18.4 Å². The summed E-state index contributed by atoms with van der Waals surface area (Å²) in [5.41, 5.74) is -0.942. The molecule has 0 bridgehead atoms. The maximum Gasteiger partial charge on any atom is 0.345 e. The van der Waals surface area contributed by atoms with Crippen LogP contribution < -0.4 is 16.6 Å². The van der Waals surface area contributed by atoms with Crippen LogP contribution in [0.1, 0.15) is 0 Å². The Balaban J connectivity index is 1.87.